The average molecular weight is 874 g/mol. The van der Waals surface area contributed by atoms with Gasteiger partial charge in [-0.3, -0.25) is 53.7 Å². The van der Waals surface area contributed by atoms with Crippen LogP contribution in [-0.4, -0.2) is 83.6 Å². The molecule has 0 radical (unpaired) electrons. The smallest absolute Gasteiger partial charge is 0.294 e. The third-order valence-electron chi connectivity index (χ3n) is 11.0. The third-order valence-corrected chi connectivity index (χ3v) is 11.0. The van der Waals surface area contributed by atoms with Crippen molar-refractivity contribution in [1.82, 2.24) is 25.8 Å². The molecule has 0 saturated carbocycles. The number of amides is 7. The summed E-state index contributed by atoms with van der Waals surface area (Å²) in [4.78, 5) is 99.8. The van der Waals surface area contributed by atoms with Crippen molar-refractivity contribution < 1.29 is 42.7 Å². The molecule has 6 aromatic rings. The van der Waals surface area contributed by atoms with Gasteiger partial charge in [0.15, 0.2) is 5.76 Å². The van der Waals surface area contributed by atoms with Crippen molar-refractivity contribution >= 4 is 52.7 Å². The van der Waals surface area contributed by atoms with Crippen LogP contribution in [0.2, 0.25) is 0 Å². The molecule has 2 aliphatic heterocycles. The molecule has 1 unspecified atom stereocenters. The van der Waals surface area contributed by atoms with Gasteiger partial charge >= 0.3 is 0 Å². The molecule has 2 aromatic heterocycles. The van der Waals surface area contributed by atoms with Gasteiger partial charge in [0, 0.05) is 48.8 Å². The second-order valence-corrected chi connectivity index (χ2v) is 15.1. The fourth-order valence-electron chi connectivity index (χ4n) is 7.77. The highest BCUT2D eigenvalue weighted by Gasteiger charge is 2.45. The van der Waals surface area contributed by atoms with E-state index in [1.165, 1.54) is 35.6 Å². The fourth-order valence-corrected chi connectivity index (χ4v) is 7.77. The number of anilines is 2. The zero-order valence-corrected chi connectivity index (χ0v) is 34.8. The summed E-state index contributed by atoms with van der Waals surface area (Å²) < 4.78 is 11.3. The van der Waals surface area contributed by atoms with Crippen LogP contribution >= 0.6 is 0 Å². The van der Waals surface area contributed by atoms with Crippen LogP contribution in [0.4, 0.5) is 11.4 Å². The van der Waals surface area contributed by atoms with Crippen molar-refractivity contribution in [2.24, 2.45) is 0 Å². The first-order valence-electron chi connectivity index (χ1n) is 20.9. The number of nitrogens with one attached hydrogen (secondary N) is 4. The standard InChI is InChI=1S/C49H43N7O9/c57-41-22-21-39(44(58)53-41)56-47(61)37-20-17-35(29-38(37)48(56)62)51-24-27-64-28-25-52-45(59)42(33-11-5-2-6-12-33)54-46(60)43(34-13-7-23-50-30-34)55(49(63)40-14-8-26-65-40)36-18-15-32(16-19-36)31-9-3-1-4-10-31/h1-20,23,26,29-30,39,42-43,51H,21-22,24-25,27-28H2,(H,52,59)(H,54,60)(H,53,57,58)/t39?,42-,43-/m1/s1. The van der Waals surface area contributed by atoms with Gasteiger partial charge in [0.1, 0.15) is 18.1 Å². The molecule has 7 amide bonds. The van der Waals surface area contributed by atoms with E-state index in [1.807, 2.05) is 42.5 Å². The number of hydrogen-bond donors (Lipinski definition) is 4. The van der Waals surface area contributed by atoms with Gasteiger partial charge in [0.2, 0.25) is 23.6 Å². The largest absolute Gasteiger partial charge is 0.459 e. The summed E-state index contributed by atoms with van der Waals surface area (Å²) in [6.07, 6.45) is 4.52. The van der Waals surface area contributed by atoms with Gasteiger partial charge in [-0.15, -0.1) is 0 Å². The third kappa shape index (κ3) is 9.72. The lowest BCUT2D eigenvalue weighted by Gasteiger charge is -2.32. The summed E-state index contributed by atoms with van der Waals surface area (Å²) in [6.45, 7) is 0.725. The number of fused-ring (bicyclic) bond motifs is 1. The number of furan rings is 1. The number of piperidine rings is 1. The lowest BCUT2D eigenvalue weighted by Crippen LogP contribution is -2.54. The number of carbonyl (C=O) groups excluding carboxylic acids is 7. The van der Waals surface area contributed by atoms with E-state index in [1.54, 1.807) is 72.9 Å². The number of aromatic nitrogens is 1. The Morgan fingerprint density at radius 1 is 0.769 bits per heavy atom. The summed E-state index contributed by atoms with van der Waals surface area (Å²) in [5.41, 5.74) is 4.03. The van der Waals surface area contributed by atoms with E-state index in [-0.39, 0.29) is 49.5 Å². The average Bonchev–Trinajstić information content (AvgIpc) is 3.96. The minimum atomic E-state index is -1.30. The van der Waals surface area contributed by atoms with Crippen molar-refractivity contribution in [3.8, 4) is 11.1 Å². The maximum atomic E-state index is 14.7. The Kier molecular flexibility index (Phi) is 13.3. The number of carbonyl (C=O) groups is 7. The predicted molar refractivity (Wildman–Crippen MR) is 237 cm³/mol. The van der Waals surface area contributed by atoms with Crippen LogP contribution in [0.3, 0.4) is 0 Å². The second kappa shape index (κ2) is 19.9. The number of rotatable bonds is 17. The molecule has 8 rings (SSSR count). The molecule has 16 heteroatoms. The molecule has 4 aromatic carbocycles. The Labute approximate surface area is 373 Å². The van der Waals surface area contributed by atoms with Gasteiger partial charge in [-0.1, -0.05) is 78.9 Å². The number of ether oxygens (including phenoxy) is 1. The molecule has 4 N–H and O–H groups in total. The lowest BCUT2D eigenvalue weighted by molar-refractivity contribution is -0.136. The van der Waals surface area contributed by atoms with E-state index in [0.29, 0.717) is 29.0 Å². The van der Waals surface area contributed by atoms with Crippen LogP contribution in [0, 0.1) is 0 Å². The number of nitrogens with zero attached hydrogens (tertiary/aromatic N) is 3. The molecule has 16 nitrogen and oxygen atoms in total. The van der Waals surface area contributed by atoms with E-state index in [0.717, 1.165) is 16.0 Å². The fraction of sp³-hybridized carbons (Fsp3) is 0.184. The van der Waals surface area contributed by atoms with Crippen LogP contribution in [0.5, 0.6) is 0 Å². The van der Waals surface area contributed by atoms with Crippen LogP contribution in [0.25, 0.3) is 11.1 Å². The van der Waals surface area contributed by atoms with Crippen molar-refractivity contribution in [3.05, 3.63) is 174 Å². The Balaban J connectivity index is 0.918. The van der Waals surface area contributed by atoms with Gasteiger partial charge < -0.3 is 25.1 Å². The minimum absolute atomic E-state index is 0.00335. The Morgan fingerprint density at radius 2 is 1.48 bits per heavy atom. The molecule has 65 heavy (non-hydrogen) atoms. The van der Waals surface area contributed by atoms with E-state index in [2.05, 4.69) is 26.3 Å². The molecule has 2 aliphatic rings. The van der Waals surface area contributed by atoms with Crippen LogP contribution in [0.15, 0.2) is 150 Å². The second-order valence-electron chi connectivity index (χ2n) is 15.1. The number of pyridine rings is 1. The first-order chi connectivity index (χ1) is 31.7. The minimum Gasteiger partial charge on any atom is -0.459 e. The van der Waals surface area contributed by atoms with Crippen molar-refractivity contribution in [2.45, 2.75) is 31.0 Å². The maximum absolute atomic E-state index is 14.7. The summed E-state index contributed by atoms with van der Waals surface area (Å²) in [5, 5.41) is 11.1. The van der Waals surface area contributed by atoms with Gasteiger partial charge in [-0.2, -0.15) is 0 Å². The molecule has 4 heterocycles. The highest BCUT2D eigenvalue weighted by molar-refractivity contribution is 6.23. The first-order valence-corrected chi connectivity index (χ1v) is 20.9. The zero-order valence-electron chi connectivity index (χ0n) is 34.8. The van der Waals surface area contributed by atoms with E-state index in [4.69, 9.17) is 9.15 Å². The summed E-state index contributed by atoms with van der Waals surface area (Å²) in [6, 6.07) is 33.3. The van der Waals surface area contributed by atoms with Crippen molar-refractivity contribution in [1.29, 1.82) is 0 Å². The van der Waals surface area contributed by atoms with Crippen LogP contribution in [-0.2, 0) is 23.9 Å². The molecule has 0 bridgehead atoms. The molecule has 0 aliphatic carbocycles. The monoisotopic (exact) mass is 873 g/mol. The van der Waals surface area contributed by atoms with Crippen LogP contribution < -0.4 is 26.2 Å². The quantitative estimate of drug-likeness (QED) is 0.0689. The maximum Gasteiger partial charge on any atom is 0.294 e. The zero-order chi connectivity index (χ0) is 45.3. The lowest BCUT2D eigenvalue weighted by atomic mass is 10.0. The Bertz CT molecular complexity index is 2700. The summed E-state index contributed by atoms with van der Waals surface area (Å²) in [7, 11) is 0. The first kappa shape index (κ1) is 43.4. The van der Waals surface area contributed by atoms with Gasteiger partial charge in [0.25, 0.3) is 17.7 Å². The van der Waals surface area contributed by atoms with Crippen molar-refractivity contribution in [3.63, 3.8) is 0 Å². The van der Waals surface area contributed by atoms with Crippen LogP contribution in [0.1, 0.15) is 67.3 Å². The van der Waals surface area contributed by atoms with Gasteiger partial charge in [0.05, 0.1) is 30.6 Å². The van der Waals surface area contributed by atoms with E-state index in [9.17, 15) is 33.6 Å². The molecular formula is C49H43N7O9. The molecule has 328 valence electrons. The van der Waals surface area contributed by atoms with Gasteiger partial charge in [-0.05, 0) is 71.6 Å². The SMILES string of the molecule is O=C1CCC(N2C(=O)c3ccc(NCCOCCNC(=O)[C@H](NC(=O)[C@@H](c4cccnc4)N(C(=O)c4ccco4)c4ccc(-c5ccccc5)cc4)c4ccccc4)cc3C2=O)C(=O)N1. The predicted octanol–water partition coefficient (Wildman–Crippen LogP) is 5.23. The molecule has 1 saturated heterocycles. The van der Waals surface area contributed by atoms with E-state index >= 15 is 0 Å². The Hall–Kier alpha value is -8.24. The normalized spacial score (nSPS) is 15.4. The molecular weight excluding hydrogens is 831 g/mol. The number of imide groups is 2. The summed E-state index contributed by atoms with van der Waals surface area (Å²) >= 11 is 0. The molecule has 0 spiro atoms. The summed E-state index contributed by atoms with van der Waals surface area (Å²) in [5.74, 6) is -4.09. The number of hydrogen-bond acceptors (Lipinski definition) is 11. The Morgan fingerprint density at radius 3 is 2.18 bits per heavy atom. The van der Waals surface area contributed by atoms with Gasteiger partial charge in [-0.25, -0.2) is 0 Å². The highest BCUT2D eigenvalue weighted by Crippen LogP contribution is 2.33. The molecule has 3 atom stereocenters. The number of benzene rings is 4. The topological polar surface area (TPSA) is 209 Å². The van der Waals surface area contributed by atoms with Crippen molar-refractivity contribution in [2.75, 3.05) is 36.5 Å². The molecule has 1 fully saturated rings. The van der Waals surface area contributed by atoms with E-state index < -0.39 is 59.5 Å². The highest BCUT2D eigenvalue weighted by atomic mass is 16.5.